The van der Waals surface area contributed by atoms with Crippen LogP contribution in [0, 0.1) is 0 Å². The first-order valence-electron chi connectivity index (χ1n) is 10.0. The van der Waals surface area contributed by atoms with Gasteiger partial charge in [0.2, 0.25) is 0 Å². The van der Waals surface area contributed by atoms with E-state index in [1.165, 1.54) is 11.3 Å². The first kappa shape index (κ1) is 21.1. The lowest BCUT2D eigenvalue weighted by Gasteiger charge is -2.14. The van der Waals surface area contributed by atoms with E-state index in [0.29, 0.717) is 40.2 Å². The van der Waals surface area contributed by atoms with Gasteiger partial charge in [-0.25, -0.2) is 4.98 Å². The predicted octanol–water partition coefficient (Wildman–Crippen LogP) is 4.64. The van der Waals surface area contributed by atoms with Crippen LogP contribution in [0.5, 0.6) is 17.2 Å². The first-order chi connectivity index (χ1) is 15.2. The topological polar surface area (TPSA) is 78.9 Å². The summed E-state index contributed by atoms with van der Waals surface area (Å²) in [6.07, 6.45) is 2.10. The van der Waals surface area contributed by atoms with E-state index in [0.717, 1.165) is 25.0 Å². The summed E-state index contributed by atoms with van der Waals surface area (Å²) in [4.78, 5) is 17.4. The van der Waals surface area contributed by atoms with Gasteiger partial charge in [0.05, 0.1) is 31.6 Å². The molecular formula is C23H24N2O5S. The molecule has 31 heavy (non-hydrogen) atoms. The lowest BCUT2D eigenvalue weighted by atomic mass is 10.1. The molecule has 1 fully saturated rings. The minimum Gasteiger partial charge on any atom is -0.497 e. The van der Waals surface area contributed by atoms with Crippen molar-refractivity contribution in [2.45, 2.75) is 18.9 Å². The third-order valence-electron chi connectivity index (χ3n) is 4.99. The van der Waals surface area contributed by atoms with Gasteiger partial charge in [0.1, 0.15) is 23.9 Å². The monoisotopic (exact) mass is 440 g/mol. The first-order valence-corrected chi connectivity index (χ1v) is 10.9. The minimum atomic E-state index is -0.273. The van der Waals surface area contributed by atoms with Gasteiger partial charge in [-0.1, -0.05) is 12.1 Å². The fourth-order valence-corrected chi connectivity index (χ4v) is 4.07. The van der Waals surface area contributed by atoms with E-state index in [1.54, 1.807) is 32.4 Å². The smallest absolute Gasteiger partial charge is 0.261 e. The number of carbonyl (C=O) groups excluding carboxylic acids is 1. The number of thiazole rings is 1. The van der Waals surface area contributed by atoms with Gasteiger partial charge >= 0.3 is 0 Å². The number of amides is 1. The molecule has 1 aliphatic heterocycles. The molecule has 1 atom stereocenters. The normalized spacial score (nSPS) is 15.5. The zero-order valence-corrected chi connectivity index (χ0v) is 18.2. The van der Waals surface area contributed by atoms with Crippen molar-refractivity contribution in [3.63, 3.8) is 0 Å². The van der Waals surface area contributed by atoms with Crippen LogP contribution in [-0.4, -0.2) is 44.4 Å². The molecule has 0 unspecified atom stereocenters. The Bertz CT molecular complexity index is 1050. The van der Waals surface area contributed by atoms with E-state index in [-0.39, 0.29) is 12.0 Å². The molecule has 8 heteroatoms. The number of rotatable bonds is 8. The third-order valence-corrected chi connectivity index (χ3v) is 5.75. The summed E-state index contributed by atoms with van der Waals surface area (Å²) in [5.74, 6) is 1.61. The van der Waals surface area contributed by atoms with Crippen LogP contribution in [-0.2, 0) is 4.74 Å². The maximum Gasteiger partial charge on any atom is 0.261 e. The largest absolute Gasteiger partial charge is 0.497 e. The molecule has 0 bridgehead atoms. The van der Waals surface area contributed by atoms with Crippen LogP contribution in [0.15, 0.2) is 47.8 Å². The molecule has 1 amide bonds. The highest BCUT2D eigenvalue weighted by molar-refractivity contribution is 7.14. The van der Waals surface area contributed by atoms with Crippen molar-refractivity contribution < 1.29 is 23.7 Å². The quantitative estimate of drug-likeness (QED) is 0.550. The van der Waals surface area contributed by atoms with Gasteiger partial charge in [0.15, 0.2) is 5.13 Å². The van der Waals surface area contributed by atoms with Crippen LogP contribution < -0.4 is 19.5 Å². The summed E-state index contributed by atoms with van der Waals surface area (Å²) < 4.78 is 22.2. The number of para-hydroxylation sites is 1. The van der Waals surface area contributed by atoms with E-state index in [2.05, 4.69) is 10.3 Å². The van der Waals surface area contributed by atoms with Gasteiger partial charge < -0.3 is 18.9 Å². The van der Waals surface area contributed by atoms with Gasteiger partial charge in [-0.15, -0.1) is 11.3 Å². The van der Waals surface area contributed by atoms with E-state index >= 15 is 0 Å². The van der Waals surface area contributed by atoms with Crippen molar-refractivity contribution in [2.75, 3.05) is 32.8 Å². The molecule has 162 valence electrons. The lowest BCUT2D eigenvalue weighted by molar-refractivity contribution is 0.0673. The summed E-state index contributed by atoms with van der Waals surface area (Å²) in [5, 5.41) is 5.24. The molecule has 0 spiro atoms. The van der Waals surface area contributed by atoms with Crippen LogP contribution in [0.2, 0.25) is 0 Å². The van der Waals surface area contributed by atoms with Gasteiger partial charge in [-0.3, -0.25) is 10.1 Å². The highest BCUT2D eigenvalue weighted by Gasteiger charge is 2.19. The summed E-state index contributed by atoms with van der Waals surface area (Å²) >= 11 is 1.35. The van der Waals surface area contributed by atoms with Crippen LogP contribution in [0.25, 0.3) is 11.3 Å². The Morgan fingerprint density at radius 2 is 2.06 bits per heavy atom. The highest BCUT2D eigenvalue weighted by Crippen LogP contribution is 2.35. The van der Waals surface area contributed by atoms with Crippen molar-refractivity contribution in [3.8, 4) is 28.5 Å². The number of hydrogen-bond donors (Lipinski definition) is 1. The Labute approximate surface area is 184 Å². The fraction of sp³-hybridized carbons (Fsp3) is 0.304. The molecule has 3 aromatic rings. The molecule has 1 saturated heterocycles. The van der Waals surface area contributed by atoms with Crippen molar-refractivity contribution in [1.29, 1.82) is 0 Å². The molecule has 2 aromatic carbocycles. The average molecular weight is 441 g/mol. The van der Waals surface area contributed by atoms with Crippen LogP contribution in [0.4, 0.5) is 5.13 Å². The average Bonchev–Trinajstić information content (AvgIpc) is 3.49. The zero-order valence-electron chi connectivity index (χ0n) is 17.4. The summed E-state index contributed by atoms with van der Waals surface area (Å²) in [6, 6.07) is 12.7. The number of hydrogen-bond acceptors (Lipinski definition) is 7. The van der Waals surface area contributed by atoms with Gasteiger partial charge in [0.25, 0.3) is 5.91 Å². The zero-order chi connectivity index (χ0) is 21.6. The predicted molar refractivity (Wildman–Crippen MR) is 120 cm³/mol. The SMILES string of the molecule is COc1ccc(-c2csc(NC(=O)c3ccccc3OC[C@@H]3CCCO3)n2)c(OC)c1. The standard InChI is InChI=1S/C23H24N2O5S/c1-27-15-9-10-17(21(12-15)28-2)19-14-31-23(24-19)25-22(26)18-7-3-4-8-20(18)30-13-16-6-5-11-29-16/h3-4,7-10,12,14,16H,5-6,11,13H2,1-2H3,(H,24,25,26)/t16-/m0/s1. The summed E-state index contributed by atoms with van der Waals surface area (Å²) in [7, 11) is 3.20. The van der Waals surface area contributed by atoms with Crippen LogP contribution in [0.3, 0.4) is 0 Å². The van der Waals surface area contributed by atoms with E-state index < -0.39 is 0 Å². The minimum absolute atomic E-state index is 0.0807. The molecule has 1 N–H and O–H groups in total. The number of ether oxygens (including phenoxy) is 4. The summed E-state index contributed by atoms with van der Waals surface area (Å²) in [5.41, 5.74) is 1.99. The maximum atomic E-state index is 12.9. The van der Waals surface area contributed by atoms with Crippen molar-refractivity contribution in [3.05, 3.63) is 53.4 Å². The molecular weight excluding hydrogens is 416 g/mol. The van der Waals surface area contributed by atoms with E-state index in [1.807, 2.05) is 29.6 Å². The maximum absolute atomic E-state index is 12.9. The summed E-state index contributed by atoms with van der Waals surface area (Å²) in [6.45, 7) is 1.20. The molecule has 0 radical (unpaired) electrons. The number of nitrogens with zero attached hydrogens (tertiary/aromatic N) is 1. The second-order valence-electron chi connectivity index (χ2n) is 7.00. The Balaban J connectivity index is 1.47. The molecule has 0 aliphatic carbocycles. The Morgan fingerprint density at radius 3 is 2.84 bits per heavy atom. The molecule has 4 rings (SSSR count). The van der Waals surface area contributed by atoms with Gasteiger partial charge in [-0.2, -0.15) is 0 Å². The number of aromatic nitrogens is 1. The van der Waals surface area contributed by atoms with Gasteiger partial charge in [0, 0.05) is 23.6 Å². The van der Waals surface area contributed by atoms with Crippen molar-refractivity contribution >= 4 is 22.4 Å². The number of methoxy groups -OCH3 is 2. The molecule has 0 saturated carbocycles. The van der Waals surface area contributed by atoms with Crippen molar-refractivity contribution in [1.82, 2.24) is 4.98 Å². The van der Waals surface area contributed by atoms with Gasteiger partial charge in [-0.05, 0) is 37.1 Å². The highest BCUT2D eigenvalue weighted by atomic mass is 32.1. The molecule has 1 aromatic heterocycles. The number of anilines is 1. The van der Waals surface area contributed by atoms with Crippen LogP contribution in [0.1, 0.15) is 23.2 Å². The molecule has 1 aliphatic rings. The van der Waals surface area contributed by atoms with E-state index in [4.69, 9.17) is 18.9 Å². The Morgan fingerprint density at radius 1 is 1.19 bits per heavy atom. The Hall–Kier alpha value is -3.10. The number of carbonyl (C=O) groups is 1. The molecule has 2 heterocycles. The molecule has 7 nitrogen and oxygen atoms in total. The third kappa shape index (κ3) is 4.98. The fourth-order valence-electron chi connectivity index (χ4n) is 3.37. The number of benzene rings is 2. The second-order valence-corrected chi connectivity index (χ2v) is 7.86. The Kier molecular flexibility index (Phi) is 6.69. The number of nitrogens with one attached hydrogen (secondary N) is 1. The van der Waals surface area contributed by atoms with E-state index in [9.17, 15) is 4.79 Å². The van der Waals surface area contributed by atoms with Crippen molar-refractivity contribution in [2.24, 2.45) is 0 Å². The van der Waals surface area contributed by atoms with Crippen LogP contribution >= 0.6 is 11.3 Å². The lowest BCUT2D eigenvalue weighted by Crippen LogP contribution is -2.19. The second kappa shape index (κ2) is 9.80.